The Kier molecular flexibility index (Phi) is 4.56. The van der Waals surface area contributed by atoms with Crippen LogP contribution < -0.4 is 0 Å². The quantitative estimate of drug-likeness (QED) is 0.786. The summed E-state index contributed by atoms with van der Waals surface area (Å²) in [6.45, 7) is 7.11. The number of aliphatic carboxylic acids is 1. The van der Waals surface area contributed by atoms with E-state index in [0.717, 1.165) is 36.7 Å². The lowest BCUT2D eigenvalue weighted by Crippen LogP contribution is -2.35. The van der Waals surface area contributed by atoms with Gasteiger partial charge in [0.1, 0.15) is 0 Å². The van der Waals surface area contributed by atoms with E-state index < -0.39 is 5.97 Å². The number of likely N-dealkylation sites (tertiary alicyclic amines) is 1. The number of carboxylic acids is 1. The van der Waals surface area contributed by atoms with Crippen LogP contribution in [0.3, 0.4) is 0 Å². The number of carbonyl (C=O) groups is 2. The van der Waals surface area contributed by atoms with Crippen molar-refractivity contribution in [1.82, 2.24) is 9.47 Å². The van der Waals surface area contributed by atoms with Crippen LogP contribution in [0, 0.1) is 5.41 Å². The van der Waals surface area contributed by atoms with Crippen molar-refractivity contribution in [3.8, 4) is 0 Å². The van der Waals surface area contributed by atoms with E-state index in [9.17, 15) is 9.59 Å². The van der Waals surface area contributed by atoms with Gasteiger partial charge in [0.25, 0.3) is 5.91 Å². The Morgan fingerprint density at radius 3 is 2.86 bits per heavy atom. The number of rotatable bonds is 4. The average molecular weight is 380 g/mol. The van der Waals surface area contributed by atoms with E-state index in [0.29, 0.717) is 11.6 Å². The van der Waals surface area contributed by atoms with Crippen molar-refractivity contribution in [3.63, 3.8) is 0 Å². The molecule has 1 aromatic heterocycles. The smallest absolute Gasteiger partial charge is 0.305 e. The van der Waals surface area contributed by atoms with Gasteiger partial charge in [-0.05, 0) is 62.8 Å². The second kappa shape index (κ2) is 6.80. The highest BCUT2D eigenvalue weighted by molar-refractivity contribution is 5.98. The standard InChI is InChI=1S/C23H28N2O3/c1-4-16-10-19-13-23(3,12-16)14-25(19)22(28)18-5-6-20-17(11-18)7-8-24(20)15(2)9-21(26)27/h4-8,11,15,19H,9-10,12-14H2,1-3H3,(H,26,27)/b16-4-. The maximum Gasteiger partial charge on any atom is 0.305 e. The molecule has 2 aromatic rings. The highest BCUT2D eigenvalue weighted by Gasteiger charge is 2.46. The zero-order valence-corrected chi connectivity index (χ0v) is 16.8. The van der Waals surface area contributed by atoms with E-state index in [2.05, 4.69) is 24.8 Å². The van der Waals surface area contributed by atoms with Crippen LogP contribution in [-0.4, -0.2) is 39.0 Å². The third-order valence-electron chi connectivity index (χ3n) is 6.45. The number of aromatic nitrogens is 1. The van der Waals surface area contributed by atoms with E-state index in [1.54, 1.807) is 0 Å². The van der Waals surface area contributed by atoms with Gasteiger partial charge in [0.2, 0.25) is 0 Å². The molecular weight excluding hydrogens is 352 g/mol. The normalized spacial score (nSPS) is 26.8. The maximum absolute atomic E-state index is 13.3. The third kappa shape index (κ3) is 3.23. The van der Waals surface area contributed by atoms with Crippen molar-refractivity contribution in [1.29, 1.82) is 0 Å². The van der Waals surface area contributed by atoms with E-state index in [1.807, 2.05) is 42.0 Å². The van der Waals surface area contributed by atoms with Gasteiger partial charge in [-0.2, -0.15) is 0 Å². The Balaban J connectivity index is 1.60. The summed E-state index contributed by atoms with van der Waals surface area (Å²) < 4.78 is 1.97. The van der Waals surface area contributed by atoms with Gasteiger partial charge in [0.05, 0.1) is 6.42 Å². The summed E-state index contributed by atoms with van der Waals surface area (Å²) in [5.41, 5.74) is 3.34. The van der Waals surface area contributed by atoms with Crippen LogP contribution in [0.25, 0.3) is 10.9 Å². The second-order valence-electron chi connectivity index (χ2n) is 8.87. The zero-order valence-electron chi connectivity index (χ0n) is 16.8. The minimum absolute atomic E-state index is 0.0752. The summed E-state index contributed by atoms with van der Waals surface area (Å²) in [6, 6.07) is 7.91. The van der Waals surface area contributed by atoms with Gasteiger partial charge < -0.3 is 14.6 Å². The molecule has 5 nitrogen and oxygen atoms in total. The van der Waals surface area contributed by atoms with Crippen LogP contribution in [0.2, 0.25) is 0 Å². The number of fused-ring (bicyclic) bond motifs is 3. The fourth-order valence-corrected chi connectivity index (χ4v) is 5.17. The third-order valence-corrected chi connectivity index (χ3v) is 6.45. The molecule has 2 aliphatic rings. The average Bonchev–Trinajstić information content (AvgIpc) is 3.17. The van der Waals surface area contributed by atoms with Crippen LogP contribution in [-0.2, 0) is 4.79 Å². The van der Waals surface area contributed by atoms with Gasteiger partial charge in [0, 0.05) is 41.3 Å². The van der Waals surface area contributed by atoms with Crippen LogP contribution in [0.4, 0.5) is 0 Å². The molecule has 0 spiro atoms. The minimum Gasteiger partial charge on any atom is -0.481 e. The predicted octanol–water partition coefficient (Wildman–Crippen LogP) is 4.64. The Morgan fingerprint density at radius 1 is 1.36 bits per heavy atom. The molecule has 1 aliphatic heterocycles. The summed E-state index contributed by atoms with van der Waals surface area (Å²) in [7, 11) is 0. The summed E-state index contributed by atoms with van der Waals surface area (Å²) in [5, 5.41) is 10.0. The monoisotopic (exact) mass is 380 g/mol. The van der Waals surface area contributed by atoms with E-state index in [4.69, 9.17) is 5.11 Å². The molecule has 1 N–H and O–H groups in total. The molecule has 5 heteroatoms. The Morgan fingerprint density at radius 2 is 2.14 bits per heavy atom. The molecule has 1 amide bonds. The van der Waals surface area contributed by atoms with Gasteiger partial charge >= 0.3 is 5.97 Å². The predicted molar refractivity (Wildman–Crippen MR) is 109 cm³/mol. The largest absolute Gasteiger partial charge is 0.481 e. The first-order valence-corrected chi connectivity index (χ1v) is 10.1. The van der Waals surface area contributed by atoms with Crippen LogP contribution in [0.5, 0.6) is 0 Å². The molecule has 3 unspecified atom stereocenters. The molecule has 2 heterocycles. The van der Waals surface area contributed by atoms with Crippen LogP contribution in [0.15, 0.2) is 42.1 Å². The molecule has 2 fully saturated rings. The highest BCUT2D eigenvalue weighted by Crippen LogP contribution is 2.47. The summed E-state index contributed by atoms with van der Waals surface area (Å²) in [4.78, 5) is 26.4. The first kappa shape index (κ1) is 18.8. The second-order valence-corrected chi connectivity index (χ2v) is 8.87. The van der Waals surface area contributed by atoms with Crippen molar-refractivity contribution < 1.29 is 14.7 Å². The lowest BCUT2D eigenvalue weighted by molar-refractivity contribution is -0.137. The number of benzene rings is 1. The number of carboxylic acid groups (broad SMARTS) is 1. The summed E-state index contributed by atoms with van der Waals surface area (Å²) in [6.07, 6.45) is 7.36. The molecule has 1 saturated heterocycles. The Hall–Kier alpha value is -2.56. The highest BCUT2D eigenvalue weighted by atomic mass is 16.4. The molecular formula is C23H28N2O3. The number of hydrogen-bond acceptors (Lipinski definition) is 2. The minimum atomic E-state index is -0.810. The summed E-state index contributed by atoms with van der Waals surface area (Å²) >= 11 is 0. The Labute approximate surface area is 165 Å². The van der Waals surface area contributed by atoms with Crippen molar-refractivity contribution >= 4 is 22.8 Å². The molecule has 1 saturated carbocycles. The Bertz CT molecular complexity index is 973. The van der Waals surface area contributed by atoms with E-state index >= 15 is 0 Å². The molecule has 28 heavy (non-hydrogen) atoms. The fourth-order valence-electron chi connectivity index (χ4n) is 5.17. The molecule has 1 aliphatic carbocycles. The van der Waals surface area contributed by atoms with Crippen molar-refractivity contribution in [2.75, 3.05) is 6.54 Å². The topological polar surface area (TPSA) is 62.5 Å². The lowest BCUT2D eigenvalue weighted by atomic mass is 9.75. The zero-order chi connectivity index (χ0) is 20.1. The fraction of sp³-hybridized carbons (Fsp3) is 0.478. The molecule has 0 radical (unpaired) electrons. The number of hydrogen-bond donors (Lipinski definition) is 1. The van der Waals surface area contributed by atoms with Gasteiger partial charge in [-0.3, -0.25) is 9.59 Å². The van der Waals surface area contributed by atoms with Crippen LogP contribution >= 0.6 is 0 Å². The van der Waals surface area contributed by atoms with Crippen molar-refractivity contribution in [2.24, 2.45) is 5.41 Å². The number of nitrogens with zero attached hydrogens (tertiary/aromatic N) is 2. The molecule has 148 valence electrons. The van der Waals surface area contributed by atoms with Gasteiger partial charge in [-0.25, -0.2) is 0 Å². The van der Waals surface area contributed by atoms with Crippen LogP contribution in [0.1, 0.15) is 62.9 Å². The number of amides is 1. The maximum atomic E-state index is 13.3. The van der Waals surface area contributed by atoms with Crippen molar-refractivity contribution in [3.05, 3.63) is 47.7 Å². The molecule has 1 aromatic carbocycles. The van der Waals surface area contributed by atoms with Gasteiger partial charge in [0.15, 0.2) is 0 Å². The SMILES string of the molecule is C/C=C1/CC2CC(C)(C1)CN2C(=O)c1ccc2c(ccn2C(C)CC(=O)O)c1. The van der Waals surface area contributed by atoms with E-state index in [-0.39, 0.29) is 23.8 Å². The van der Waals surface area contributed by atoms with Gasteiger partial charge in [-0.1, -0.05) is 18.6 Å². The van der Waals surface area contributed by atoms with Crippen molar-refractivity contribution in [2.45, 2.75) is 58.5 Å². The van der Waals surface area contributed by atoms with E-state index in [1.165, 1.54) is 5.57 Å². The molecule has 2 bridgehead atoms. The van der Waals surface area contributed by atoms with Gasteiger partial charge in [-0.15, -0.1) is 0 Å². The molecule has 4 rings (SSSR count). The number of allylic oxidation sites excluding steroid dienone is 1. The first-order chi connectivity index (χ1) is 13.3. The first-order valence-electron chi connectivity index (χ1n) is 10.1. The summed E-state index contributed by atoms with van der Waals surface area (Å²) in [5.74, 6) is -0.699. The lowest BCUT2D eigenvalue weighted by Gasteiger charge is -2.29. The number of carbonyl (C=O) groups excluding carboxylic acids is 1. The molecule has 3 atom stereocenters.